The lowest BCUT2D eigenvalue weighted by Gasteiger charge is -2.30. The number of rotatable bonds is 6. The molecular weight excluding hydrogens is 461 g/mol. The summed E-state index contributed by atoms with van der Waals surface area (Å²) in [4.78, 5) is 27.3. The van der Waals surface area contributed by atoms with Crippen LogP contribution in [0.15, 0.2) is 54.1 Å². The lowest BCUT2D eigenvalue weighted by molar-refractivity contribution is -0.141. The van der Waals surface area contributed by atoms with Crippen molar-refractivity contribution in [2.45, 2.75) is 32.4 Å². The highest BCUT2D eigenvalue weighted by molar-refractivity contribution is 7.91. The predicted molar refractivity (Wildman–Crippen MR) is 124 cm³/mol. The SMILES string of the molecule is CC(C)COc1ccc(C(O)=C2C(=O)C(=O)N(C3CCS(=O)(=O)C3)C2c2cccc(F)c2)cc1. The number of sulfone groups is 1. The van der Waals surface area contributed by atoms with Crippen molar-refractivity contribution < 1.29 is 32.2 Å². The van der Waals surface area contributed by atoms with Crippen molar-refractivity contribution in [2.24, 2.45) is 5.92 Å². The van der Waals surface area contributed by atoms with E-state index in [1.807, 2.05) is 13.8 Å². The zero-order valence-electron chi connectivity index (χ0n) is 18.9. The van der Waals surface area contributed by atoms with E-state index in [2.05, 4.69) is 0 Å². The summed E-state index contributed by atoms with van der Waals surface area (Å²) in [5.74, 6) is -2.30. The maximum Gasteiger partial charge on any atom is 0.295 e. The number of hydrogen-bond acceptors (Lipinski definition) is 6. The molecule has 0 aromatic heterocycles. The minimum Gasteiger partial charge on any atom is -0.507 e. The fourth-order valence-electron chi connectivity index (χ4n) is 4.35. The van der Waals surface area contributed by atoms with Crippen LogP contribution in [0.25, 0.3) is 5.76 Å². The molecule has 1 amide bonds. The van der Waals surface area contributed by atoms with Crippen molar-refractivity contribution in [2.75, 3.05) is 18.1 Å². The zero-order chi connectivity index (χ0) is 24.6. The first-order valence-corrected chi connectivity index (χ1v) is 12.9. The first kappa shape index (κ1) is 23.9. The molecule has 0 radical (unpaired) electrons. The van der Waals surface area contributed by atoms with Gasteiger partial charge in [0.25, 0.3) is 11.7 Å². The molecule has 0 aliphatic carbocycles. The van der Waals surface area contributed by atoms with E-state index in [0.717, 1.165) is 0 Å². The van der Waals surface area contributed by atoms with E-state index in [1.165, 1.54) is 23.1 Å². The second-order valence-corrected chi connectivity index (χ2v) is 11.3. The van der Waals surface area contributed by atoms with Crippen LogP contribution in [0.1, 0.15) is 37.4 Å². The lowest BCUT2D eigenvalue weighted by atomic mass is 9.94. The van der Waals surface area contributed by atoms with Gasteiger partial charge in [-0.1, -0.05) is 26.0 Å². The van der Waals surface area contributed by atoms with Crippen LogP contribution in [-0.2, 0) is 19.4 Å². The maximum atomic E-state index is 14.1. The summed E-state index contributed by atoms with van der Waals surface area (Å²) in [5, 5.41) is 11.1. The van der Waals surface area contributed by atoms with Crippen LogP contribution in [0, 0.1) is 11.7 Å². The van der Waals surface area contributed by atoms with Crippen molar-refractivity contribution >= 4 is 27.3 Å². The normalized spacial score (nSPS) is 23.6. The van der Waals surface area contributed by atoms with Gasteiger partial charge >= 0.3 is 0 Å². The molecule has 0 bridgehead atoms. The molecule has 2 heterocycles. The van der Waals surface area contributed by atoms with Gasteiger partial charge in [-0.2, -0.15) is 0 Å². The molecule has 2 aromatic rings. The van der Waals surface area contributed by atoms with Crippen LogP contribution >= 0.6 is 0 Å². The third-order valence-electron chi connectivity index (χ3n) is 5.96. The monoisotopic (exact) mass is 487 g/mol. The number of aliphatic hydroxyl groups excluding tert-OH is 1. The summed E-state index contributed by atoms with van der Waals surface area (Å²) in [6, 6.07) is 9.99. The van der Waals surface area contributed by atoms with E-state index < -0.39 is 45.2 Å². The molecule has 1 N–H and O–H groups in total. The van der Waals surface area contributed by atoms with Crippen LogP contribution in [0.2, 0.25) is 0 Å². The molecule has 9 heteroatoms. The topological polar surface area (TPSA) is 101 Å². The van der Waals surface area contributed by atoms with E-state index in [0.29, 0.717) is 18.3 Å². The number of Topliss-reactive ketones (excluding diaryl/α,β-unsaturated/α-hetero) is 1. The van der Waals surface area contributed by atoms with Gasteiger partial charge in [0.15, 0.2) is 9.84 Å². The van der Waals surface area contributed by atoms with E-state index in [4.69, 9.17) is 4.74 Å². The number of ether oxygens (including phenoxy) is 1. The highest BCUT2D eigenvalue weighted by atomic mass is 32.2. The molecule has 4 rings (SSSR count). The molecule has 2 atom stereocenters. The molecule has 2 unspecified atom stereocenters. The van der Waals surface area contributed by atoms with Gasteiger partial charge in [0, 0.05) is 11.6 Å². The Hall–Kier alpha value is -3.20. The maximum absolute atomic E-state index is 14.1. The molecule has 0 saturated carbocycles. The van der Waals surface area contributed by atoms with Crippen LogP contribution in [0.4, 0.5) is 4.39 Å². The molecule has 2 fully saturated rings. The van der Waals surface area contributed by atoms with E-state index in [-0.39, 0.29) is 34.6 Å². The van der Waals surface area contributed by atoms with Gasteiger partial charge in [-0.15, -0.1) is 0 Å². The molecule has 7 nitrogen and oxygen atoms in total. The van der Waals surface area contributed by atoms with Crippen molar-refractivity contribution in [3.05, 3.63) is 71.0 Å². The van der Waals surface area contributed by atoms with Gasteiger partial charge in [-0.3, -0.25) is 9.59 Å². The smallest absolute Gasteiger partial charge is 0.295 e. The molecule has 2 aliphatic heterocycles. The number of carbonyl (C=O) groups excluding carboxylic acids is 2. The fraction of sp³-hybridized carbons (Fsp3) is 0.360. The molecule has 2 aromatic carbocycles. The predicted octanol–water partition coefficient (Wildman–Crippen LogP) is 3.47. The summed E-state index contributed by atoms with van der Waals surface area (Å²) in [6.07, 6.45) is 0.170. The Morgan fingerprint density at radius 2 is 1.88 bits per heavy atom. The number of ketones is 1. The second kappa shape index (κ2) is 9.21. The highest BCUT2D eigenvalue weighted by Gasteiger charge is 2.51. The van der Waals surface area contributed by atoms with Crippen molar-refractivity contribution in [3.63, 3.8) is 0 Å². The summed E-state index contributed by atoms with van der Waals surface area (Å²) in [7, 11) is -3.37. The Morgan fingerprint density at radius 3 is 2.47 bits per heavy atom. The fourth-order valence-corrected chi connectivity index (χ4v) is 6.06. The van der Waals surface area contributed by atoms with Gasteiger partial charge in [-0.25, -0.2) is 12.8 Å². The number of nitrogens with zero attached hydrogens (tertiary/aromatic N) is 1. The molecule has 2 aliphatic rings. The molecule has 34 heavy (non-hydrogen) atoms. The van der Waals surface area contributed by atoms with Crippen LogP contribution in [0.5, 0.6) is 5.75 Å². The number of halogens is 1. The Kier molecular flexibility index (Phi) is 6.49. The van der Waals surface area contributed by atoms with E-state index >= 15 is 0 Å². The van der Waals surface area contributed by atoms with Gasteiger partial charge in [-0.05, 0) is 54.3 Å². The number of likely N-dealkylation sites (tertiary alicyclic amines) is 1. The van der Waals surface area contributed by atoms with Crippen LogP contribution < -0.4 is 4.74 Å². The summed E-state index contributed by atoms with van der Waals surface area (Å²) in [5.41, 5.74) is 0.369. The largest absolute Gasteiger partial charge is 0.507 e. The van der Waals surface area contributed by atoms with E-state index in [1.54, 1.807) is 30.3 Å². The molecule has 0 spiro atoms. The van der Waals surface area contributed by atoms with Crippen LogP contribution in [0.3, 0.4) is 0 Å². The highest BCUT2D eigenvalue weighted by Crippen LogP contribution is 2.42. The van der Waals surface area contributed by atoms with Gasteiger partial charge in [0.1, 0.15) is 17.3 Å². The number of amides is 1. The number of benzene rings is 2. The molecule has 2 saturated heterocycles. The van der Waals surface area contributed by atoms with Crippen molar-refractivity contribution in [3.8, 4) is 5.75 Å². The Morgan fingerprint density at radius 1 is 1.18 bits per heavy atom. The zero-order valence-corrected chi connectivity index (χ0v) is 19.7. The van der Waals surface area contributed by atoms with Crippen molar-refractivity contribution in [1.29, 1.82) is 0 Å². The first-order valence-electron chi connectivity index (χ1n) is 11.1. The average molecular weight is 488 g/mol. The number of aliphatic hydroxyl groups is 1. The minimum absolute atomic E-state index is 0.103. The quantitative estimate of drug-likeness (QED) is 0.380. The summed E-state index contributed by atoms with van der Waals surface area (Å²) in [6.45, 7) is 4.54. The third kappa shape index (κ3) is 4.70. The van der Waals surface area contributed by atoms with Gasteiger partial charge in [0.05, 0.1) is 29.7 Å². The Bertz CT molecular complexity index is 1250. The number of carbonyl (C=O) groups is 2. The summed E-state index contributed by atoms with van der Waals surface area (Å²) >= 11 is 0. The standard InChI is InChI=1S/C25H26FNO6S/c1-15(2)13-33-20-8-6-16(7-9-20)23(28)21-22(17-4-3-5-18(26)12-17)27(25(30)24(21)29)19-10-11-34(31,32)14-19/h3-9,12,15,19,22,28H,10-11,13-14H2,1-2H3. The van der Waals surface area contributed by atoms with Gasteiger partial charge in [0.2, 0.25) is 0 Å². The Balaban J connectivity index is 1.78. The average Bonchev–Trinajstić information content (AvgIpc) is 3.28. The van der Waals surface area contributed by atoms with E-state index in [9.17, 15) is 27.5 Å². The van der Waals surface area contributed by atoms with Gasteiger partial charge < -0.3 is 14.7 Å². The number of hydrogen-bond donors (Lipinski definition) is 1. The Labute approximate surface area is 197 Å². The third-order valence-corrected chi connectivity index (χ3v) is 7.71. The molecule has 180 valence electrons. The minimum atomic E-state index is -3.37. The first-order chi connectivity index (χ1) is 16.1. The van der Waals surface area contributed by atoms with Crippen LogP contribution in [-0.4, -0.2) is 54.3 Å². The molecular formula is C25H26FNO6S. The summed E-state index contributed by atoms with van der Waals surface area (Å²) < 4.78 is 43.9. The lowest BCUT2D eigenvalue weighted by Crippen LogP contribution is -2.40. The second-order valence-electron chi connectivity index (χ2n) is 9.05. The van der Waals surface area contributed by atoms with Crippen molar-refractivity contribution in [1.82, 2.24) is 4.90 Å².